The number of likely N-dealkylation sites (tertiary alicyclic amines) is 1. The highest BCUT2D eigenvalue weighted by atomic mass is 16.5. The molecule has 4 aliphatic heterocycles. The first-order chi connectivity index (χ1) is 11.6. The van der Waals surface area contributed by atoms with E-state index in [1.54, 1.807) is 17.9 Å². The molecule has 0 N–H and O–H groups in total. The molecule has 3 saturated heterocycles. The average molecular weight is 329 g/mol. The number of hydrogen-bond acceptors (Lipinski definition) is 5. The summed E-state index contributed by atoms with van der Waals surface area (Å²) >= 11 is 0. The zero-order chi connectivity index (χ0) is 16.5. The first-order valence-electron chi connectivity index (χ1n) is 8.50. The van der Waals surface area contributed by atoms with Crippen molar-refractivity contribution in [2.45, 2.75) is 31.5 Å². The van der Waals surface area contributed by atoms with Gasteiger partial charge in [-0.25, -0.2) is 0 Å². The van der Waals surface area contributed by atoms with Crippen LogP contribution in [0.2, 0.25) is 0 Å². The standard InChI is InChI=1S/C17H19N3O4/c1-10-8-12(18-24-10)20-9-17-5-4-11(23-17)13(14(17)16(20)22)15(21)19-6-2-3-7-19/h4-5,8,11,13-14H,2-3,6-7,9H2,1H3/t11-,13+,14+,17+/m1/s1. The van der Waals surface area contributed by atoms with E-state index in [2.05, 4.69) is 5.16 Å². The molecular formula is C17H19N3O4. The Kier molecular flexibility index (Phi) is 2.78. The highest BCUT2D eigenvalue weighted by Crippen LogP contribution is 2.53. The van der Waals surface area contributed by atoms with Gasteiger partial charge in [-0.1, -0.05) is 17.3 Å². The maximum atomic E-state index is 13.1. The summed E-state index contributed by atoms with van der Waals surface area (Å²) in [5.41, 5.74) is -0.700. The molecule has 2 amide bonds. The van der Waals surface area contributed by atoms with E-state index in [1.807, 2.05) is 17.1 Å². The lowest BCUT2D eigenvalue weighted by atomic mass is 9.76. The van der Waals surface area contributed by atoms with Crippen LogP contribution in [0.1, 0.15) is 18.6 Å². The Hall–Kier alpha value is -2.15. The fourth-order valence-corrected chi connectivity index (χ4v) is 4.60. The van der Waals surface area contributed by atoms with E-state index in [9.17, 15) is 9.59 Å². The molecule has 1 aromatic rings. The molecule has 7 heteroatoms. The number of amides is 2. The minimum absolute atomic E-state index is 0.0558. The summed E-state index contributed by atoms with van der Waals surface area (Å²) in [5, 5.41) is 3.96. The second kappa shape index (κ2) is 4.69. The molecular weight excluding hydrogens is 310 g/mol. The third-order valence-electron chi connectivity index (χ3n) is 5.70. The van der Waals surface area contributed by atoms with Crippen molar-refractivity contribution in [3.05, 3.63) is 24.0 Å². The molecule has 0 aliphatic carbocycles. The first-order valence-corrected chi connectivity index (χ1v) is 8.50. The normalized spacial score (nSPS) is 36.9. The minimum atomic E-state index is -0.700. The molecule has 1 aromatic heterocycles. The lowest BCUT2D eigenvalue weighted by Gasteiger charge is -2.27. The van der Waals surface area contributed by atoms with Crippen LogP contribution in [0.4, 0.5) is 5.82 Å². The van der Waals surface area contributed by atoms with E-state index >= 15 is 0 Å². The molecule has 5 heterocycles. The third-order valence-corrected chi connectivity index (χ3v) is 5.70. The zero-order valence-electron chi connectivity index (χ0n) is 13.5. The van der Waals surface area contributed by atoms with Crippen LogP contribution in [-0.4, -0.2) is 53.2 Å². The van der Waals surface area contributed by atoms with E-state index in [-0.39, 0.29) is 17.9 Å². The molecule has 24 heavy (non-hydrogen) atoms. The van der Waals surface area contributed by atoms with E-state index < -0.39 is 17.4 Å². The topological polar surface area (TPSA) is 75.9 Å². The van der Waals surface area contributed by atoms with Crippen molar-refractivity contribution >= 4 is 17.6 Å². The quantitative estimate of drug-likeness (QED) is 0.753. The van der Waals surface area contributed by atoms with Crippen molar-refractivity contribution in [2.75, 3.05) is 24.5 Å². The van der Waals surface area contributed by atoms with Gasteiger partial charge in [0, 0.05) is 19.2 Å². The van der Waals surface area contributed by atoms with Gasteiger partial charge in [0.15, 0.2) is 5.82 Å². The Morgan fingerprint density at radius 2 is 2.17 bits per heavy atom. The molecule has 1 spiro atoms. The number of hydrogen-bond donors (Lipinski definition) is 0. The number of carbonyl (C=O) groups excluding carboxylic acids is 2. The Labute approximate surface area is 139 Å². The third kappa shape index (κ3) is 1.73. The second-order valence-corrected chi connectivity index (χ2v) is 7.15. The molecule has 0 aromatic carbocycles. The van der Waals surface area contributed by atoms with Crippen molar-refractivity contribution in [1.82, 2.24) is 10.1 Å². The summed E-state index contributed by atoms with van der Waals surface area (Å²) in [6.45, 7) is 3.74. The van der Waals surface area contributed by atoms with Gasteiger partial charge in [-0.2, -0.15) is 0 Å². The molecule has 7 nitrogen and oxygen atoms in total. The van der Waals surface area contributed by atoms with Gasteiger partial charge in [-0.05, 0) is 19.8 Å². The van der Waals surface area contributed by atoms with Crippen LogP contribution >= 0.6 is 0 Å². The van der Waals surface area contributed by atoms with Crippen molar-refractivity contribution in [1.29, 1.82) is 0 Å². The summed E-state index contributed by atoms with van der Waals surface area (Å²) in [6.07, 6.45) is 5.69. The summed E-state index contributed by atoms with van der Waals surface area (Å²) in [4.78, 5) is 29.5. The Bertz CT molecular complexity index is 751. The van der Waals surface area contributed by atoms with Crippen LogP contribution in [0.5, 0.6) is 0 Å². The van der Waals surface area contributed by atoms with Crippen molar-refractivity contribution in [3.8, 4) is 0 Å². The monoisotopic (exact) mass is 329 g/mol. The predicted octanol–water partition coefficient (Wildman–Crippen LogP) is 0.892. The molecule has 4 aliphatic rings. The van der Waals surface area contributed by atoms with E-state index in [4.69, 9.17) is 9.26 Å². The molecule has 5 rings (SSSR count). The van der Waals surface area contributed by atoms with Crippen molar-refractivity contribution in [2.24, 2.45) is 11.8 Å². The predicted molar refractivity (Wildman–Crippen MR) is 83.1 cm³/mol. The lowest BCUT2D eigenvalue weighted by Crippen LogP contribution is -2.45. The fourth-order valence-electron chi connectivity index (χ4n) is 4.60. The molecule has 0 unspecified atom stereocenters. The molecule has 3 fully saturated rings. The Morgan fingerprint density at radius 1 is 1.38 bits per heavy atom. The second-order valence-electron chi connectivity index (χ2n) is 7.15. The first kappa shape index (κ1) is 14.2. The summed E-state index contributed by atoms with van der Waals surface area (Å²) < 4.78 is 11.2. The molecule has 0 radical (unpaired) electrons. The summed E-state index contributed by atoms with van der Waals surface area (Å²) in [7, 11) is 0. The van der Waals surface area contributed by atoms with Gasteiger partial charge in [-0.3, -0.25) is 14.5 Å². The van der Waals surface area contributed by atoms with Gasteiger partial charge in [0.05, 0.1) is 24.5 Å². The van der Waals surface area contributed by atoms with Gasteiger partial charge < -0.3 is 14.2 Å². The number of nitrogens with zero attached hydrogens (tertiary/aromatic N) is 3. The summed E-state index contributed by atoms with van der Waals surface area (Å²) in [5.74, 6) is 0.232. The average Bonchev–Trinajstić information content (AvgIpc) is 3.34. The van der Waals surface area contributed by atoms with Crippen molar-refractivity contribution < 1.29 is 18.8 Å². The summed E-state index contributed by atoms with van der Waals surface area (Å²) in [6, 6.07) is 1.74. The van der Waals surface area contributed by atoms with Crippen LogP contribution in [0.25, 0.3) is 0 Å². The number of rotatable bonds is 2. The largest absolute Gasteiger partial charge is 0.360 e. The highest BCUT2D eigenvalue weighted by molar-refractivity contribution is 6.02. The highest BCUT2D eigenvalue weighted by Gasteiger charge is 2.67. The van der Waals surface area contributed by atoms with Crippen molar-refractivity contribution in [3.63, 3.8) is 0 Å². The molecule has 0 saturated carbocycles. The number of carbonyl (C=O) groups is 2. The Morgan fingerprint density at radius 3 is 2.88 bits per heavy atom. The molecule has 2 bridgehead atoms. The SMILES string of the molecule is Cc1cc(N2C[C@]34C=C[C@@H](O3)[C@H](C(=O)N3CCCC3)[C@H]4C2=O)no1. The van der Waals surface area contributed by atoms with Crippen LogP contribution in [0.3, 0.4) is 0 Å². The van der Waals surface area contributed by atoms with E-state index in [1.165, 1.54) is 0 Å². The number of aromatic nitrogens is 1. The number of ether oxygens (including phenoxy) is 1. The van der Waals surface area contributed by atoms with Crippen LogP contribution in [0.15, 0.2) is 22.7 Å². The zero-order valence-corrected chi connectivity index (χ0v) is 13.5. The number of fused-ring (bicyclic) bond motifs is 1. The van der Waals surface area contributed by atoms with Gasteiger partial charge in [0.1, 0.15) is 11.4 Å². The number of anilines is 1. The maximum absolute atomic E-state index is 13.1. The van der Waals surface area contributed by atoms with Gasteiger partial charge >= 0.3 is 0 Å². The smallest absolute Gasteiger partial charge is 0.235 e. The van der Waals surface area contributed by atoms with Crippen LogP contribution in [0, 0.1) is 18.8 Å². The number of aryl methyl sites for hydroxylation is 1. The fraction of sp³-hybridized carbons (Fsp3) is 0.588. The van der Waals surface area contributed by atoms with Crippen LogP contribution in [-0.2, 0) is 14.3 Å². The van der Waals surface area contributed by atoms with Gasteiger partial charge in [0.25, 0.3) is 0 Å². The van der Waals surface area contributed by atoms with Gasteiger partial charge in [0.2, 0.25) is 11.8 Å². The van der Waals surface area contributed by atoms with Crippen LogP contribution < -0.4 is 4.90 Å². The van der Waals surface area contributed by atoms with E-state index in [0.717, 1.165) is 25.9 Å². The van der Waals surface area contributed by atoms with E-state index in [0.29, 0.717) is 18.1 Å². The van der Waals surface area contributed by atoms with Gasteiger partial charge in [-0.15, -0.1) is 0 Å². The molecule has 4 atom stereocenters. The minimum Gasteiger partial charge on any atom is -0.360 e. The lowest BCUT2D eigenvalue weighted by molar-refractivity contribution is -0.139. The maximum Gasteiger partial charge on any atom is 0.235 e. The molecule has 126 valence electrons. The Balaban J connectivity index is 1.49.